The fourth-order valence-electron chi connectivity index (χ4n) is 1.85. The quantitative estimate of drug-likeness (QED) is 0.877. The number of carboxylic acids is 1. The molecule has 88 valence electrons. The van der Waals surface area contributed by atoms with E-state index in [2.05, 4.69) is 16.9 Å². The maximum atomic E-state index is 11.1. The number of aromatic carboxylic acids is 1. The van der Waals surface area contributed by atoms with Crippen LogP contribution in [0.4, 0.5) is 0 Å². The van der Waals surface area contributed by atoms with Gasteiger partial charge < -0.3 is 5.11 Å². The lowest BCUT2D eigenvalue weighted by Gasteiger charge is -2.06. The van der Waals surface area contributed by atoms with Crippen LogP contribution in [0.15, 0.2) is 24.5 Å². The van der Waals surface area contributed by atoms with E-state index >= 15 is 0 Å². The topological polar surface area (TPSA) is 63.1 Å². The number of aryl methyl sites for hydroxylation is 1. The number of unbranched alkanes of at least 4 members (excludes halogenated alkanes) is 1. The highest BCUT2D eigenvalue weighted by molar-refractivity contribution is 6.01. The van der Waals surface area contributed by atoms with Crippen molar-refractivity contribution in [2.75, 3.05) is 0 Å². The van der Waals surface area contributed by atoms with E-state index in [1.165, 1.54) is 6.20 Å². The maximum absolute atomic E-state index is 11.1. The van der Waals surface area contributed by atoms with Crippen LogP contribution < -0.4 is 0 Å². The summed E-state index contributed by atoms with van der Waals surface area (Å²) < 4.78 is 0. The Labute approximate surface area is 99.3 Å². The number of hydrogen-bond acceptors (Lipinski definition) is 3. The van der Waals surface area contributed by atoms with Gasteiger partial charge in [0, 0.05) is 12.4 Å². The van der Waals surface area contributed by atoms with Crippen molar-refractivity contribution in [2.45, 2.75) is 26.2 Å². The molecule has 1 N–H and O–H groups in total. The molecule has 0 bridgehead atoms. The van der Waals surface area contributed by atoms with E-state index in [-0.39, 0.29) is 5.56 Å². The lowest BCUT2D eigenvalue weighted by molar-refractivity contribution is 0.0699. The van der Waals surface area contributed by atoms with Gasteiger partial charge in [-0.1, -0.05) is 19.4 Å². The predicted molar refractivity (Wildman–Crippen MR) is 65.1 cm³/mol. The maximum Gasteiger partial charge on any atom is 0.337 e. The zero-order valence-corrected chi connectivity index (χ0v) is 9.68. The molecule has 1 aromatic carbocycles. The van der Waals surface area contributed by atoms with Crippen molar-refractivity contribution >= 4 is 17.0 Å². The van der Waals surface area contributed by atoms with Gasteiger partial charge in [0.05, 0.1) is 11.1 Å². The van der Waals surface area contributed by atoms with E-state index in [9.17, 15) is 4.79 Å². The first-order chi connectivity index (χ1) is 8.24. The van der Waals surface area contributed by atoms with Gasteiger partial charge in [-0.05, 0) is 24.5 Å². The molecule has 17 heavy (non-hydrogen) atoms. The predicted octanol–water partition coefficient (Wildman–Crippen LogP) is 2.67. The third kappa shape index (κ3) is 2.25. The first-order valence-electron chi connectivity index (χ1n) is 5.70. The van der Waals surface area contributed by atoms with Crippen LogP contribution in [-0.4, -0.2) is 21.0 Å². The number of carboxylic acid groups (broad SMARTS) is 1. The fourth-order valence-corrected chi connectivity index (χ4v) is 1.85. The van der Waals surface area contributed by atoms with Crippen LogP contribution in [0.3, 0.4) is 0 Å². The number of hydrogen-bond donors (Lipinski definition) is 1. The van der Waals surface area contributed by atoms with E-state index < -0.39 is 5.97 Å². The second-order valence-electron chi connectivity index (χ2n) is 3.93. The molecular weight excluding hydrogens is 216 g/mol. The van der Waals surface area contributed by atoms with Crippen LogP contribution in [0.25, 0.3) is 11.0 Å². The van der Waals surface area contributed by atoms with Crippen molar-refractivity contribution in [3.05, 3.63) is 35.7 Å². The minimum Gasteiger partial charge on any atom is -0.478 e. The van der Waals surface area contributed by atoms with Crippen LogP contribution in [0.2, 0.25) is 0 Å². The number of nitrogens with zero attached hydrogens (tertiary/aromatic N) is 2. The van der Waals surface area contributed by atoms with Crippen molar-refractivity contribution < 1.29 is 9.90 Å². The molecule has 0 radical (unpaired) electrons. The molecule has 0 unspecified atom stereocenters. The molecule has 0 fully saturated rings. The average molecular weight is 230 g/mol. The highest BCUT2D eigenvalue weighted by atomic mass is 16.4. The zero-order chi connectivity index (χ0) is 12.3. The summed E-state index contributed by atoms with van der Waals surface area (Å²) in [5.41, 5.74) is 2.47. The van der Waals surface area contributed by atoms with E-state index in [1.807, 2.05) is 6.07 Å². The molecule has 2 rings (SSSR count). The number of rotatable bonds is 4. The highest BCUT2D eigenvalue weighted by Crippen LogP contribution is 2.20. The Morgan fingerprint density at radius 1 is 1.24 bits per heavy atom. The molecule has 2 aromatic rings. The third-order valence-corrected chi connectivity index (χ3v) is 2.74. The highest BCUT2D eigenvalue weighted by Gasteiger charge is 2.12. The molecular formula is C13H14N2O2. The van der Waals surface area contributed by atoms with Crippen molar-refractivity contribution in [3.63, 3.8) is 0 Å². The molecule has 4 nitrogen and oxygen atoms in total. The lowest BCUT2D eigenvalue weighted by atomic mass is 10.0. The largest absolute Gasteiger partial charge is 0.478 e. The molecule has 0 saturated carbocycles. The van der Waals surface area contributed by atoms with E-state index in [0.29, 0.717) is 11.0 Å². The number of benzene rings is 1. The molecule has 1 heterocycles. The molecule has 1 aromatic heterocycles. The van der Waals surface area contributed by atoms with Crippen LogP contribution in [0.5, 0.6) is 0 Å². The molecule has 0 aliphatic carbocycles. The van der Waals surface area contributed by atoms with Crippen molar-refractivity contribution in [3.8, 4) is 0 Å². The smallest absolute Gasteiger partial charge is 0.337 e. The van der Waals surface area contributed by atoms with E-state index in [4.69, 9.17) is 5.11 Å². The van der Waals surface area contributed by atoms with Gasteiger partial charge in [0.15, 0.2) is 0 Å². The van der Waals surface area contributed by atoms with Crippen molar-refractivity contribution in [2.24, 2.45) is 0 Å². The Morgan fingerprint density at radius 3 is 2.59 bits per heavy atom. The molecule has 0 atom stereocenters. The minimum absolute atomic E-state index is 0.216. The summed E-state index contributed by atoms with van der Waals surface area (Å²) in [6.45, 7) is 2.12. The summed E-state index contributed by atoms with van der Waals surface area (Å²) in [6.07, 6.45) is 6.20. The standard InChI is InChI=1S/C13H14N2O2/c1-2-3-4-9-5-6-10(13(16)17)12-11(9)14-7-8-15-12/h5-8H,2-4H2,1H3,(H,16,17). The number of fused-ring (bicyclic) bond motifs is 1. The molecule has 4 heteroatoms. The van der Waals surface area contributed by atoms with Gasteiger partial charge >= 0.3 is 5.97 Å². The molecule has 0 spiro atoms. The van der Waals surface area contributed by atoms with Crippen molar-refractivity contribution in [1.29, 1.82) is 0 Å². The third-order valence-electron chi connectivity index (χ3n) is 2.74. The Bertz CT molecular complexity index is 552. The molecule has 0 amide bonds. The second kappa shape index (κ2) is 4.91. The Morgan fingerprint density at radius 2 is 1.94 bits per heavy atom. The summed E-state index contributed by atoms with van der Waals surface area (Å²) in [7, 11) is 0. The summed E-state index contributed by atoms with van der Waals surface area (Å²) in [6, 6.07) is 3.46. The van der Waals surface area contributed by atoms with Crippen LogP contribution >= 0.6 is 0 Å². The van der Waals surface area contributed by atoms with Crippen LogP contribution in [0.1, 0.15) is 35.7 Å². The minimum atomic E-state index is -0.961. The first kappa shape index (κ1) is 11.5. The molecule has 0 saturated heterocycles. The van der Waals surface area contributed by atoms with Gasteiger partial charge in [-0.25, -0.2) is 4.79 Å². The zero-order valence-electron chi connectivity index (χ0n) is 9.68. The van der Waals surface area contributed by atoms with Gasteiger partial charge in [0.1, 0.15) is 5.52 Å². The summed E-state index contributed by atoms with van der Waals surface area (Å²) >= 11 is 0. The molecule has 0 aliphatic heterocycles. The van der Waals surface area contributed by atoms with Crippen LogP contribution in [0, 0.1) is 0 Å². The SMILES string of the molecule is CCCCc1ccc(C(=O)O)c2nccnc12. The fraction of sp³-hybridized carbons (Fsp3) is 0.308. The van der Waals surface area contributed by atoms with E-state index in [0.717, 1.165) is 24.8 Å². The normalized spacial score (nSPS) is 10.6. The number of carbonyl (C=O) groups is 1. The summed E-state index contributed by atoms with van der Waals surface area (Å²) in [5, 5.41) is 9.08. The Hall–Kier alpha value is -1.97. The summed E-state index contributed by atoms with van der Waals surface area (Å²) in [4.78, 5) is 19.5. The first-order valence-corrected chi connectivity index (χ1v) is 5.70. The van der Waals surface area contributed by atoms with Gasteiger partial charge in [0.2, 0.25) is 0 Å². The van der Waals surface area contributed by atoms with Gasteiger partial charge in [-0.15, -0.1) is 0 Å². The monoisotopic (exact) mass is 230 g/mol. The Balaban J connectivity index is 2.58. The number of aromatic nitrogens is 2. The van der Waals surface area contributed by atoms with Gasteiger partial charge in [-0.2, -0.15) is 0 Å². The van der Waals surface area contributed by atoms with Crippen molar-refractivity contribution in [1.82, 2.24) is 9.97 Å². The lowest BCUT2D eigenvalue weighted by Crippen LogP contribution is -2.02. The second-order valence-corrected chi connectivity index (χ2v) is 3.93. The van der Waals surface area contributed by atoms with Gasteiger partial charge in [0.25, 0.3) is 0 Å². The van der Waals surface area contributed by atoms with Crippen LogP contribution in [-0.2, 0) is 6.42 Å². The molecule has 0 aliphatic rings. The Kier molecular flexibility index (Phi) is 3.32. The van der Waals surface area contributed by atoms with Gasteiger partial charge in [-0.3, -0.25) is 9.97 Å². The van der Waals surface area contributed by atoms with E-state index in [1.54, 1.807) is 12.3 Å². The average Bonchev–Trinajstić information content (AvgIpc) is 2.35. The summed E-state index contributed by atoms with van der Waals surface area (Å²) in [5.74, 6) is -0.961.